The van der Waals surface area contributed by atoms with E-state index >= 15 is 0 Å². The molecule has 1 unspecified atom stereocenters. The van der Waals surface area contributed by atoms with Crippen LogP contribution in [0, 0.1) is 18.2 Å². The molecule has 2 amide bonds. The number of rotatable bonds is 8. The summed E-state index contributed by atoms with van der Waals surface area (Å²) in [6.45, 7) is -0.379. The van der Waals surface area contributed by atoms with Crippen molar-refractivity contribution in [3.8, 4) is 18.1 Å². The summed E-state index contributed by atoms with van der Waals surface area (Å²) < 4.78 is 29.3. The normalized spacial score (nSPS) is 26.2. The number of aliphatic hydroxyl groups is 2. The third-order valence-corrected chi connectivity index (χ3v) is 5.51. The number of carbonyl (C=O) groups is 2. The Labute approximate surface area is 181 Å². The summed E-state index contributed by atoms with van der Waals surface area (Å²) in [7, 11) is -1.99. The molecule has 4 N–H and O–H groups in total. The Morgan fingerprint density at radius 2 is 2.30 bits per heavy atom. The number of allylic oxidation sites excluding steroid dienone is 1. The van der Waals surface area contributed by atoms with E-state index in [1.807, 2.05) is 5.92 Å². The van der Waals surface area contributed by atoms with Gasteiger partial charge in [-0.3, -0.25) is 14.2 Å². The highest BCUT2D eigenvalue weighted by Gasteiger charge is 2.58. The van der Waals surface area contributed by atoms with Gasteiger partial charge in [0.25, 0.3) is 0 Å². The zero-order valence-corrected chi connectivity index (χ0v) is 17.5. The molecule has 0 aromatic heterocycles. The molecule has 1 heterocycles. The fourth-order valence-electron chi connectivity index (χ4n) is 2.51. The van der Waals surface area contributed by atoms with Gasteiger partial charge in [0.15, 0.2) is 17.6 Å². The lowest BCUT2D eigenvalue weighted by Crippen LogP contribution is -2.55. The maximum absolute atomic E-state index is 13.2. The first kappa shape index (κ1) is 24.1. The number of ether oxygens (including phenoxy) is 1. The number of aldehydes is 1. The maximum Gasteiger partial charge on any atom is 0.573 e. The Kier molecular flexibility index (Phi) is 8.23. The summed E-state index contributed by atoms with van der Waals surface area (Å²) in [6.07, 6.45) is 3.03. The van der Waals surface area contributed by atoms with Crippen LogP contribution in [0.1, 0.15) is 0 Å². The van der Waals surface area contributed by atoms with Crippen LogP contribution >= 0.6 is 18.8 Å². The van der Waals surface area contributed by atoms with Crippen LogP contribution in [0.15, 0.2) is 30.5 Å². The molecule has 1 aliphatic rings. The molecule has 0 bridgehead atoms. The zero-order valence-electron chi connectivity index (χ0n) is 15.1. The highest BCUT2D eigenvalue weighted by atomic mass is 35.5. The van der Waals surface area contributed by atoms with Gasteiger partial charge in [-0.15, -0.1) is 10.9 Å². The van der Waals surface area contributed by atoms with Crippen LogP contribution in [-0.2, 0) is 25.9 Å². The number of primary amides is 1. The van der Waals surface area contributed by atoms with Crippen molar-refractivity contribution in [2.24, 2.45) is 5.73 Å². The van der Waals surface area contributed by atoms with Crippen LogP contribution in [0.2, 0.25) is 5.02 Å². The van der Waals surface area contributed by atoms with Crippen LogP contribution in [0.25, 0.3) is 0 Å². The summed E-state index contributed by atoms with van der Waals surface area (Å²) in [6, 6.07) is 2.50. The molecule has 1 aromatic carbocycles. The summed E-state index contributed by atoms with van der Waals surface area (Å²) in [5.74, 6) is 1.50. The number of carbonyl (C=O) groups excluding carboxylic acids is 2. The quantitative estimate of drug-likeness (QED) is 0.220. The number of benzene rings is 1. The summed E-state index contributed by atoms with van der Waals surface area (Å²) in [5, 5.41) is 20.9. The van der Waals surface area contributed by atoms with Gasteiger partial charge in [0.1, 0.15) is 30.9 Å². The van der Waals surface area contributed by atoms with E-state index in [1.165, 1.54) is 12.1 Å². The number of aliphatic hydroxyl groups excluding tert-OH is 1. The third-order valence-electron chi connectivity index (χ3n) is 3.96. The minimum absolute atomic E-state index is 0.160. The second kappa shape index (κ2) is 10.2. The monoisotopic (exact) mass is 477 g/mol. The smallest absolute Gasteiger partial charge is 0.386 e. The van der Waals surface area contributed by atoms with Gasteiger partial charge in [0, 0.05) is 12.3 Å². The third kappa shape index (κ3) is 5.30. The fourth-order valence-corrected chi connectivity index (χ4v) is 3.73. The summed E-state index contributed by atoms with van der Waals surface area (Å²) >= 11 is 10.7. The minimum atomic E-state index is -2.36. The number of hydrogen-bond donors (Lipinski definition) is 3. The highest BCUT2D eigenvalue weighted by Crippen LogP contribution is 2.36. The Balaban J connectivity index is 2.09. The second-order valence-electron chi connectivity index (χ2n) is 5.85. The van der Waals surface area contributed by atoms with E-state index < -0.39 is 43.0 Å². The van der Waals surface area contributed by atoms with Crippen molar-refractivity contribution in [1.29, 1.82) is 0 Å². The van der Waals surface area contributed by atoms with Gasteiger partial charge in [-0.1, -0.05) is 17.5 Å². The van der Waals surface area contributed by atoms with Crippen LogP contribution in [0.4, 0.5) is 9.18 Å². The van der Waals surface area contributed by atoms with E-state index in [0.717, 1.165) is 18.3 Å². The fraction of sp³-hybridized carbons (Fsp3) is 0.294. The van der Waals surface area contributed by atoms with Crippen molar-refractivity contribution >= 4 is 42.9 Å². The predicted molar refractivity (Wildman–Crippen MR) is 107 cm³/mol. The van der Waals surface area contributed by atoms with Crippen LogP contribution in [0.5, 0.6) is 5.75 Å². The number of halogens is 2. The van der Waals surface area contributed by atoms with E-state index in [2.05, 4.69) is 0 Å². The average Bonchev–Trinajstić information content (AvgIpc) is 2.95. The first-order valence-corrected chi connectivity index (χ1v) is 10.7. The van der Waals surface area contributed by atoms with Gasteiger partial charge >= 0.3 is 13.2 Å². The van der Waals surface area contributed by atoms with Crippen molar-refractivity contribution in [3.63, 3.8) is 0 Å². The Morgan fingerprint density at radius 3 is 2.87 bits per heavy atom. The molecule has 1 saturated heterocycles. The topological polar surface area (TPSA) is 132 Å². The lowest BCUT2D eigenvalue weighted by Gasteiger charge is -2.31. The molecule has 0 saturated carbocycles. The lowest BCUT2D eigenvalue weighted by molar-refractivity contribution is -0.104. The van der Waals surface area contributed by atoms with E-state index in [9.17, 15) is 24.2 Å². The lowest BCUT2D eigenvalue weighted by atomic mass is 9.94. The van der Waals surface area contributed by atoms with Crippen LogP contribution in [-0.4, -0.2) is 58.1 Å². The number of nitrogens with zero attached hydrogens (tertiary/aromatic N) is 1. The Morgan fingerprint density at radius 1 is 1.60 bits per heavy atom. The molecular weight excluding hydrogens is 462 g/mol. The minimum Gasteiger partial charge on any atom is -0.386 e. The molecule has 0 spiro atoms. The molecule has 0 aliphatic carbocycles. The van der Waals surface area contributed by atoms with Gasteiger partial charge < -0.3 is 20.7 Å². The molecule has 9 nitrogen and oxygen atoms in total. The van der Waals surface area contributed by atoms with Gasteiger partial charge in [0.2, 0.25) is 11.8 Å². The van der Waals surface area contributed by atoms with Gasteiger partial charge in [-0.05, 0) is 18.2 Å². The molecule has 160 valence electrons. The molecule has 1 fully saturated rings. The molecule has 1 aliphatic heterocycles. The van der Waals surface area contributed by atoms with E-state index in [4.69, 9.17) is 49.3 Å². The standard InChI is InChI=1S/C17H15ClFN2O7PS/c1-2-17(25)14(23)13(27-15(17)21(16(20)24)6-3-7-22)9-26-29(30)28-10-4-5-12(19)11(18)8-10/h1,3-8,13-15,23,25H,9H2,(H-,20,24)/p+1/b6-3-/t13-,14-,15-,17-/m1/s1. The Hall–Kier alpha value is -2.16. The number of urea groups is 1. The largest absolute Gasteiger partial charge is 0.573 e. The van der Waals surface area contributed by atoms with E-state index in [1.54, 1.807) is 0 Å². The zero-order chi connectivity index (χ0) is 22.5. The van der Waals surface area contributed by atoms with Gasteiger partial charge in [-0.25, -0.2) is 9.18 Å². The van der Waals surface area contributed by atoms with Crippen molar-refractivity contribution in [2.45, 2.75) is 24.0 Å². The van der Waals surface area contributed by atoms with E-state index in [0.29, 0.717) is 11.2 Å². The summed E-state index contributed by atoms with van der Waals surface area (Å²) in [5.41, 5.74) is 2.88. The molecular formula is C17H16ClFN2O7PS+. The van der Waals surface area contributed by atoms with Crippen LogP contribution < -0.4 is 10.3 Å². The van der Waals surface area contributed by atoms with Crippen molar-refractivity contribution < 1.29 is 38.0 Å². The number of terminal acetylenes is 1. The molecule has 13 heteroatoms. The summed E-state index contributed by atoms with van der Waals surface area (Å²) in [4.78, 5) is 22.9. The first-order valence-electron chi connectivity index (χ1n) is 8.10. The van der Waals surface area contributed by atoms with Gasteiger partial charge in [0.05, 0.1) is 5.02 Å². The Bertz CT molecular complexity index is 915. The molecule has 1 aromatic rings. The SMILES string of the molecule is C#C[C@@]1(O)[C@H](O)[C@@H](CO[P+](=S)Oc2ccc(F)c(Cl)c2)O[C@H]1N(/C=C\C=O)C(N)=O. The molecule has 2 rings (SSSR count). The number of amides is 2. The van der Waals surface area contributed by atoms with Crippen molar-refractivity contribution in [2.75, 3.05) is 6.61 Å². The predicted octanol–water partition coefficient (Wildman–Crippen LogP) is 1.19. The average molecular weight is 478 g/mol. The first-order chi connectivity index (χ1) is 14.1. The molecule has 0 radical (unpaired) electrons. The second-order valence-corrected chi connectivity index (χ2v) is 8.04. The highest BCUT2D eigenvalue weighted by molar-refractivity contribution is 8.00. The molecule has 30 heavy (non-hydrogen) atoms. The number of nitrogens with two attached hydrogens (primary N) is 1. The van der Waals surface area contributed by atoms with Crippen molar-refractivity contribution in [1.82, 2.24) is 4.90 Å². The van der Waals surface area contributed by atoms with Crippen molar-refractivity contribution in [3.05, 3.63) is 41.3 Å². The molecule has 5 atom stereocenters. The van der Waals surface area contributed by atoms with Crippen LogP contribution in [0.3, 0.4) is 0 Å². The number of hydrogen-bond acceptors (Lipinski definition) is 8. The van der Waals surface area contributed by atoms with Gasteiger partial charge in [-0.2, -0.15) is 0 Å². The van der Waals surface area contributed by atoms with E-state index in [-0.39, 0.29) is 17.4 Å². The maximum atomic E-state index is 13.2.